The van der Waals surface area contributed by atoms with E-state index in [9.17, 15) is 4.79 Å². The van der Waals surface area contributed by atoms with Gasteiger partial charge in [-0.1, -0.05) is 0 Å². The number of carbonyl (C=O) groups excluding carboxylic acids is 1. The van der Waals surface area contributed by atoms with Crippen LogP contribution in [0.25, 0.3) is 11.6 Å². The average Bonchev–Trinajstić information content (AvgIpc) is 2.86. The van der Waals surface area contributed by atoms with E-state index in [1.54, 1.807) is 6.07 Å². The zero-order chi connectivity index (χ0) is 9.97. The fourth-order valence-electron chi connectivity index (χ4n) is 0.987. The van der Waals surface area contributed by atoms with E-state index in [4.69, 9.17) is 9.26 Å². The average molecular weight is 193 g/mol. The zero-order valence-corrected chi connectivity index (χ0v) is 7.35. The van der Waals surface area contributed by atoms with Gasteiger partial charge in [0.2, 0.25) is 5.76 Å². The number of H-pyrrole nitrogens is 1. The van der Waals surface area contributed by atoms with Crippen LogP contribution in [0.1, 0.15) is 10.5 Å². The highest BCUT2D eigenvalue weighted by Gasteiger charge is 2.09. The van der Waals surface area contributed by atoms with Gasteiger partial charge in [-0.2, -0.15) is 0 Å². The van der Waals surface area contributed by atoms with Crippen molar-refractivity contribution in [2.45, 2.75) is 0 Å². The highest BCUT2D eigenvalue weighted by molar-refractivity contribution is 5.72. The number of rotatable bonds is 3. The number of aldehydes is 1. The molecule has 0 amide bonds. The molecule has 0 spiro atoms. The van der Waals surface area contributed by atoms with Crippen LogP contribution in [0.3, 0.4) is 0 Å². The van der Waals surface area contributed by atoms with Gasteiger partial charge >= 0.3 is 0 Å². The van der Waals surface area contributed by atoms with Crippen LogP contribution >= 0.6 is 0 Å². The van der Waals surface area contributed by atoms with Crippen LogP contribution < -0.4 is 4.74 Å². The quantitative estimate of drug-likeness (QED) is 0.732. The topological polar surface area (TPSA) is 81.0 Å². The van der Waals surface area contributed by atoms with Crippen LogP contribution in [0.15, 0.2) is 16.8 Å². The number of ether oxygens (including phenoxy) is 1. The molecule has 2 rings (SSSR count). The van der Waals surface area contributed by atoms with E-state index in [2.05, 4.69) is 15.1 Å². The summed E-state index contributed by atoms with van der Waals surface area (Å²) in [5.74, 6) is 1.24. The van der Waals surface area contributed by atoms with E-state index < -0.39 is 0 Å². The molecule has 1 N–H and O–H groups in total. The van der Waals surface area contributed by atoms with Crippen molar-refractivity contribution in [2.24, 2.45) is 0 Å². The molecule has 0 saturated heterocycles. The normalized spacial score (nSPS) is 10.1. The lowest BCUT2D eigenvalue weighted by Gasteiger charge is -1.85. The molecule has 2 aromatic rings. The van der Waals surface area contributed by atoms with E-state index in [1.165, 1.54) is 13.3 Å². The molecule has 0 atom stereocenters. The minimum atomic E-state index is 0.365. The molecule has 0 aliphatic heterocycles. The molecule has 0 radical (unpaired) electrons. The van der Waals surface area contributed by atoms with Crippen molar-refractivity contribution in [1.29, 1.82) is 0 Å². The SMILES string of the molecule is COc1cc(-c2ncc(C=O)[nH]2)on1. The number of hydrogen-bond donors (Lipinski definition) is 1. The molecule has 0 bridgehead atoms. The molecule has 0 fully saturated rings. The van der Waals surface area contributed by atoms with E-state index in [-0.39, 0.29) is 0 Å². The Hall–Kier alpha value is -2.11. The lowest BCUT2D eigenvalue weighted by molar-refractivity contribution is 0.111. The maximum Gasteiger partial charge on any atom is 0.254 e. The lowest BCUT2D eigenvalue weighted by Crippen LogP contribution is -1.80. The summed E-state index contributed by atoms with van der Waals surface area (Å²) in [6.07, 6.45) is 2.08. The van der Waals surface area contributed by atoms with Crippen LogP contribution in [0, 0.1) is 0 Å². The summed E-state index contributed by atoms with van der Waals surface area (Å²) in [5, 5.41) is 3.60. The van der Waals surface area contributed by atoms with Gasteiger partial charge in [0.15, 0.2) is 12.1 Å². The second-order valence-electron chi connectivity index (χ2n) is 2.54. The van der Waals surface area contributed by atoms with E-state index >= 15 is 0 Å². The first-order valence-corrected chi connectivity index (χ1v) is 3.84. The van der Waals surface area contributed by atoms with Crippen molar-refractivity contribution in [3.63, 3.8) is 0 Å². The van der Waals surface area contributed by atoms with Crippen molar-refractivity contribution in [3.05, 3.63) is 18.0 Å². The van der Waals surface area contributed by atoms with Crippen LogP contribution in [-0.4, -0.2) is 28.5 Å². The third-order valence-corrected chi connectivity index (χ3v) is 1.65. The number of methoxy groups -OCH3 is 1. The Morgan fingerprint density at radius 3 is 3.07 bits per heavy atom. The summed E-state index contributed by atoms with van der Waals surface area (Å²) in [6, 6.07) is 1.58. The van der Waals surface area contributed by atoms with Crippen molar-refractivity contribution in [2.75, 3.05) is 7.11 Å². The van der Waals surface area contributed by atoms with Gasteiger partial charge in [-0.25, -0.2) is 4.98 Å². The Balaban J connectivity index is 2.33. The Morgan fingerprint density at radius 1 is 1.64 bits per heavy atom. The number of nitrogens with one attached hydrogen (secondary N) is 1. The van der Waals surface area contributed by atoms with Gasteiger partial charge in [-0.15, -0.1) is 0 Å². The van der Waals surface area contributed by atoms with Gasteiger partial charge in [-0.05, 0) is 5.16 Å². The third kappa shape index (κ3) is 1.37. The molecule has 0 aromatic carbocycles. The molecule has 0 unspecified atom stereocenters. The van der Waals surface area contributed by atoms with E-state index in [0.717, 1.165) is 0 Å². The standard InChI is InChI=1S/C8H7N3O3/c1-13-7-2-6(14-11-7)8-9-3-5(4-12)10-8/h2-4H,1H3,(H,9,10). The molecule has 6 heteroatoms. The third-order valence-electron chi connectivity index (χ3n) is 1.65. The highest BCUT2D eigenvalue weighted by Crippen LogP contribution is 2.19. The lowest BCUT2D eigenvalue weighted by atomic mass is 10.4. The van der Waals surface area contributed by atoms with Gasteiger partial charge in [0.1, 0.15) is 0 Å². The summed E-state index contributed by atoms with van der Waals surface area (Å²) in [5.41, 5.74) is 0.385. The first-order valence-electron chi connectivity index (χ1n) is 3.84. The summed E-state index contributed by atoms with van der Waals surface area (Å²) >= 11 is 0. The predicted molar refractivity (Wildman–Crippen MR) is 46.0 cm³/mol. The zero-order valence-electron chi connectivity index (χ0n) is 7.35. The minimum Gasteiger partial charge on any atom is -0.479 e. The first-order chi connectivity index (χ1) is 6.83. The largest absolute Gasteiger partial charge is 0.479 e. The molecule has 0 saturated carbocycles. The second-order valence-corrected chi connectivity index (χ2v) is 2.54. The maximum absolute atomic E-state index is 10.4. The molecule has 14 heavy (non-hydrogen) atoms. The smallest absolute Gasteiger partial charge is 0.254 e. The fourth-order valence-corrected chi connectivity index (χ4v) is 0.987. The van der Waals surface area contributed by atoms with E-state index in [1.807, 2.05) is 0 Å². The van der Waals surface area contributed by atoms with Crippen molar-refractivity contribution >= 4 is 6.29 Å². The summed E-state index contributed by atoms with van der Waals surface area (Å²) in [6.45, 7) is 0. The molecular weight excluding hydrogens is 186 g/mol. The van der Waals surface area contributed by atoms with E-state index in [0.29, 0.717) is 29.4 Å². The van der Waals surface area contributed by atoms with Crippen molar-refractivity contribution in [1.82, 2.24) is 15.1 Å². The molecule has 2 heterocycles. The molecule has 72 valence electrons. The maximum atomic E-state index is 10.4. The Labute approximate surface area is 78.9 Å². The van der Waals surface area contributed by atoms with Gasteiger partial charge in [0.25, 0.3) is 5.88 Å². The second kappa shape index (κ2) is 3.33. The molecule has 2 aromatic heterocycles. The Kier molecular flexibility index (Phi) is 2.02. The molecule has 0 aliphatic rings. The van der Waals surface area contributed by atoms with Crippen molar-refractivity contribution < 1.29 is 14.1 Å². The first kappa shape index (κ1) is 8.49. The Bertz CT molecular complexity index is 446. The monoisotopic (exact) mass is 193 g/mol. The molecule has 0 aliphatic carbocycles. The van der Waals surface area contributed by atoms with Crippen molar-refractivity contribution in [3.8, 4) is 17.5 Å². The Morgan fingerprint density at radius 2 is 2.50 bits per heavy atom. The number of aromatic nitrogens is 3. The van der Waals surface area contributed by atoms with Gasteiger partial charge in [-0.3, -0.25) is 4.79 Å². The predicted octanol–water partition coefficient (Wildman–Crippen LogP) is 0.886. The molecule has 6 nitrogen and oxygen atoms in total. The van der Waals surface area contributed by atoms with Gasteiger partial charge in [0.05, 0.1) is 25.1 Å². The molecular formula is C8H7N3O3. The summed E-state index contributed by atoms with van der Waals surface area (Å²) in [7, 11) is 1.49. The summed E-state index contributed by atoms with van der Waals surface area (Å²) in [4.78, 5) is 17.0. The minimum absolute atomic E-state index is 0.365. The van der Waals surface area contributed by atoms with Crippen LogP contribution in [0.4, 0.5) is 0 Å². The number of imidazole rings is 1. The number of carbonyl (C=O) groups is 1. The number of aromatic amines is 1. The number of nitrogens with zero attached hydrogens (tertiary/aromatic N) is 2. The van der Waals surface area contributed by atoms with Crippen LogP contribution in [-0.2, 0) is 0 Å². The number of hydrogen-bond acceptors (Lipinski definition) is 5. The van der Waals surface area contributed by atoms with Gasteiger partial charge in [0, 0.05) is 0 Å². The van der Waals surface area contributed by atoms with Crippen LogP contribution in [0.2, 0.25) is 0 Å². The van der Waals surface area contributed by atoms with Crippen LogP contribution in [0.5, 0.6) is 5.88 Å². The highest BCUT2D eigenvalue weighted by atomic mass is 16.5. The fraction of sp³-hybridized carbons (Fsp3) is 0.125. The van der Waals surface area contributed by atoms with Gasteiger partial charge < -0.3 is 14.2 Å². The summed E-state index contributed by atoms with van der Waals surface area (Å²) < 4.78 is 9.75.